The summed E-state index contributed by atoms with van der Waals surface area (Å²) in [5, 5.41) is 0.796. The number of carbonyl (C=O) groups is 1. The molecule has 3 heteroatoms. The van der Waals surface area contributed by atoms with Crippen LogP contribution in [0.2, 0.25) is 0 Å². The van der Waals surface area contributed by atoms with Gasteiger partial charge in [0, 0.05) is 14.5 Å². The Morgan fingerprint density at radius 3 is 2.75 bits per heavy atom. The number of carbonyl (C=O) groups excluding carboxylic acids is 1. The van der Waals surface area contributed by atoms with Crippen molar-refractivity contribution in [2.75, 3.05) is 0 Å². The van der Waals surface area contributed by atoms with Gasteiger partial charge in [-0.2, -0.15) is 0 Å². The molecule has 0 amide bonds. The van der Waals surface area contributed by atoms with E-state index in [0.717, 1.165) is 20.0 Å². The van der Waals surface area contributed by atoms with Crippen molar-refractivity contribution in [2.24, 2.45) is 0 Å². The zero-order valence-corrected chi connectivity index (χ0v) is 10.3. The van der Waals surface area contributed by atoms with E-state index in [4.69, 9.17) is 0 Å². The van der Waals surface area contributed by atoms with Crippen LogP contribution in [0, 0.1) is 3.57 Å². The fourth-order valence-corrected chi connectivity index (χ4v) is 1.99. The maximum atomic E-state index is 11.1. The predicted molar refractivity (Wildman–Crippen MR) is 61.8 cm³/mol. The predicted octanol–water partition coefficient (Wildman–Crippen LogP) is 3.39. The van der Waals surface area contributed by atoms with Gasteiger partial charge in [0.2, 0.25) is 0 Å². The van der Waals surface area contributed by atoms with Crippen LogP contribution >= 0.6 is 38.5 Å². The van der Waals surface area contributed by atoms with Crippen LogP contribution in [-0.4, -0.2) is 5.78 Å². The number of ketones is 1. The second kappa shape index (κ2) is 4.37. The topological polar surface area (TPSA) is 17.1 Å². The summed E-state index contributed by atoms with van der Waals surface area (Å²) in [6.07, 6.45) is 0. The zero-order chi connectivity index (χ0) is 9.14. The van der Waals surface area contributed by atoms with E-state index in [0.29, 0.717) is 0 Å². The van der Waals surface area contributed by atoms with E-state index in [9.17, 15) is 4.79 Å². The summed E-state index contributed by atoms with van der Waals surface area (Å²) in [5.74, 6) is 0.127. The maximum absolute atomic E-state index is 11.1. The molecular formula is C9H8BrIO. The smallest absolute Gasteiger partial charge is 0.160 e. The van der Waals surface area contributed by atoms with Gasteiger partial charge in [0.15, 0.2) is 5.78 Å². The van der Waals surface area contributed by atoms with Crippen LogP contribution in [0.25, 0.3) is 0 Å². The fourth-order valence-electron chi connectivity index (χ4n) is 0.925. The molecular weight excluding hydrogens is 331 g/mol. The number of halogens is 2. The molecule has 0 saturated carbocycles. The summed E-state index contributed by atoms with van der Waals surface area (Å²) in [6, 6.07) is 5.91. The van der Waals surface area contributed by atoms with Crippen molar-refractivity contribution >= 4 is 44.3 Å². The molecule has 0 atom stereocenters. The molecule has 0 N–H and O–H groups in total. The van der Waals surface area contributed by atoms with Crippen LogP contribution in [-0.2, 0) is 5.33 Å². The third-order valence-corrected chi connectivity index (χ3v) is 3.15. The first-order valence-electron chi connectivity index (χ1n) is 3.50. The van der Waals surface area contributed by atoms with E-state index < -0.39 is 0 Å². The molecule has 0 spiro atoms. The van der Waals surface area contributed by atoms with Crippen LogP contribution < -0.4 is 0 Å². The van der Waals surface area contributed by atoms with Crippen LogP contribution in [0.1, 0.15) is 22.8 Å². The molecule has 1 rings (SSSR count). The van der Waals surface area contributed by atoms with E-state index in [1.54, 1.807) is 6.92 Å². The van der Waals surface area contributed by atoms with Gasteiger partial charge in [-0.25, -0.2) is 0 Å². The highest BCUT2D eigenvalue weighted by Crippen LogP contribution is 2.16. The van der Waals surface area contributed by atoms with Crippen molar-refractivity contribution in [2.45, 2.75) is 12.3 Å². The average Bonchev–Trinajstić information content (AvgIpc) is 2.05. The van der Waals surface area contributed by atoms with Crippen molar-refractivity contribution in [3.63, 3.8) is 0 Å². The van der Waals surface area contributed by atoms with E-state index in [-0.39, 0.29) is 5.78 Å². The Bertz CT molecular complexity index is 309. The lowest BCUT2D eigenvalue weighted by Gasteiger charge is -2.01. The molecule has 0 unspecified atom stereocenters. The molecule has 64 valence electrons. The molecule has 1 nitrogen and oxygen atoms in total. The normalized spacial score (nSPS) is 9.92. The van der Waals surface area contributed by atoms with Crippen molar-refractivity contribution in [1.29, 1.82) is 0 Å². The minimum absolute atomic E-state index is 0.127. The van der Waals surface area contributed by atoms with Crippen LogP contribution in [0.3, 0.4) is 0 Å². The Labute approximate surface area is 93.8 Å². The first kappa shape index (κ1) is 10.2. The second-order valence-corrected chi connectivity index (χ2v) is 4.23. The minimum atomic E-state index is 0.127. The molecule has 12 heavy (non-hydrogen) atoms. The molecule has 0 bridgehead atoms. The third-order valence-electron chi connectivity index (χ3n) is 1.56. The number of hydrogen-bond donors (Lipinski definition) is 0. The highest BCUT2D eigenvalue weighted by molar-refractivity contribution is 14.1. The van der Waals surface area contributed by atoms with Gasteiger partial charge in [-0.3, -0.25) is 4.79 Å². The highest BCUT2D eigenvalue weighted by Gasteiger charge is 2.04. The number of hydrogen-bond acceptors (Lipinski definition) is 1. The van der Waals surface area contributed by atoms with Crippen molar-refractivity contribution < 1.29 is 4.79 Å². The molecule has 1 aromatic carbocycles. The lowest BCUT2D eigenvalue weighted by atomic mass is 10.1. The summed E-state index contributed by atoms with van der Waals surface area (Å²) >= 11 is 5.52. The molecule has 0 aliphatic carbocycles. The molecule has 0 aromatic heterocycles. The largest absolute Gasteiger partial charge is 0.294 e. The summed E-state index contributed by atoms with van der Waals surface area (Å²) in [4.78, 5) is 11.1. The second-order valence-electron chi connectivity index (χ2n) is 2.50. The average molecular weight is 339 g/mol. The molecule has 0 aliphatic heterocycles. The quantitative estimate of drug-likeness (QED) is 0.459. The van der Waals surface area contributed by atoms with Crippen LogP contribution in [0.4, 0.5) is 0 Å². The maximum Gasteiger partial charge on any atom is 0.160 e. The van der Waals surface area contributed by atoms with Crippen molar-refractivity contribution in [3.05, 3.63) is 32.9 Å². The van der Waals surface area contributed by atoms with Crippen LogP contribution in [0.15, 0.2) is 18.2 Å². The number of benzene rings is 1. The Hall–Kier alpha value is 0.1000. The molecule has 0 heterocycles. The number of rotatable bonds is 2. The zero-order valence-electron chi connectivity index (χ0n) is 6.60. The van der Waals surface area contributed by atoms with Crippen LogP contribution in [0.5, 0.6) is 0 Å². The van der Waals surface area contributed by atoms with E-state index in [1.165, 1.54) is 0 Å². The third kappa shape index (κ3) is 2.29. The highest BCUT2D eigenvalue weighted by atomic mass is 127. The van der Waals surface area contributed by atoms with Gasteiger partial charge in [0.25, 0.3) is 0 Å². The van der Waals surface area contributed by atoms with Gasteiger partial charge < -0.3 is 0 Å². The molecule has 0 aliphatic rings. The Morgan fingerprint density at radius 2 is 2.25 bits per heavy atom. The summed E-state index contributed by atoms with van der Waals surface area (Å²) in [6.45, 7) is 1.59. The fraction of sp³-hybridized carbons (Fsp3) is 0.222. The number of Topliss-reactive ketones (excluding diaryl/α,β-unsaturated/α-hetero) is 1. The Balaban J connectivity index is 3.17. The monoisotopic (exact) mass is 338 g/mol. The first-order chi connectivity index (χ1) is 5.65. The SMILES string of the molecule is CC(=O)c1cc(CBr)ccc1I. The Kier molecular flexibility index (Phi) is 3.71. The molecule has 0 saturated heterocycles. The Morgan fingerprint density at radius 1 is 1.58 bits per heavy atom. The van der Waals surface area contributed by atoms with E-state index in [2.05, 4.69) is 38.5 Å². The van der Waals surface area contributed by atoms with Gasteiger partial charge in [-0.1, -0.05) is 22.0 Å². The van der Waals surface area contributed by atoms with Gasteiger partial charge >= 0.3 is 0 Å². The minimum Gasteiger partial charge on any atom is -0.294 e. The van der Waals surface area contributed by atoms with Crippen molar-refractivity contribution in [1.82, 2.24) is 0 Å². The molecule has 0 radical (unpaired) electrons. The van der Waals surface area contributed by atoms with Gasteiger partial charge in [0.1, 0.15) is 0 Å². The number of alkyl halides is 1. The van der Waals surface area contributed by atoms with E-state index in [1.807, 2.05) is 18.2 Å². The molecule has 1 aromatic rings. The van der Waals surface area contributed by atoms with Gasteiger partial charge in [-0.05, 0) is 47.2 Å². The summed E-state index contributed by atoms with van der Waals surface area (Å²) in [7, 11) is 0. The van der Waals surface area contributed by atoms with E-state index >= 15 is 0 Å². The lowest BCUT2D eigenvalue weighted by molar-refractivity contribution is 0.101. The summed E-state index contributed by atoms with van der Waals surface area (Å²) < 4.78 is 1.02. The van der Waals surface area contributed by atoms with Gasteiger partial charge in [-0.15, -0.1) is 0 Å². The first-order valence-corrected chi connectivity index (χ1v) is 5.70. The standard InChI is InChI=1S/C9H8BrIO/c1-6(12)8-4-7(5-10)2-3-9(8)11/h2-4H,5H2,1H3. The lowest BCUT2D eigenvalue weighted by Crippen LogP contribution is -1.96. The van der Waals surface area contributed by atoms with Gasteiger partial charge in [0.05, 0.1) is 0 Å². The van der Waals surface area contributed by atoms with Crippen molar-refractivity contribution in [3.8, 4) is 0 Å². The summed E-state index contributed by atoms with van der Waals surface area (Å²) in [5.41, 5.74) is 1.95. The molecule has 0 fully saturated rings.